The molecular weight excluding hydrogens is 242 g/mol. The van der Waals surface area contributed by atoms with E-state index >= 15 is 0 Å². The predicted octanol–water partition coefficient (Wildman–Crippen LogP) is 3.44. The highest BCUT2D eigenvalue weighted by Crippen LogP contribution is 2.32. The number of halogens is 2. The third-order valence-electron chi connectivity index (χ3n) is 2.34. The summed E-state index contributed by atoms with van der Waals surface area (Å²) in [5, 5.41) is 0. The van der Waals surface area contributed by atoms with Crippen molar-refractivity contribution in [2.45, 2.75) is 6.92 Å². The average Bonchev–Trinajstić information content (AvgIpc) is 2.82. The van der Waals surface area contributed by atoms with E-state index in [2.05, 4.69) is 0 Å². The van der Waals surface area contributed by atoms with Crippen LogP contribution in [0.1, 0.15) is 17.5 Å². The molecule has 0 atom stereocenters. The number of aldehydes is 1. The molecule has 2 aromatic rings. The molecule has 2 rings (SSSR count). The molecular formula is C13H10F2O3. The van der Waals surface area contributed by atoms with Gasteiger partial charge in [0.15, 0.2) is 23.6 Å². The highest BCUT2D eigenvalue weighted by Gasteiger charge is 2.19. The van der Waals surface area contributed by atoms with E-state index in [0.29, 0.717) is 6.29 Å². The van der Waals surface area contributed by atoms with Crippen LogP contribution in [-0.4, -0.2) is 12.9 Å². The van der Waals surface area contributed by atoms with Gasteiger partial charge >= 0.3 is 0 Å². The summed E-state index contributed by atoms with van der Waals surface area (Å²) in [4.78, 5) is 10.5. The number of benzene rings is 1. The molecule has 0 aliphatic carbocycles. The minimum absolute atomic E-state index is 0.00520. The number of carbonyl (C=O) groups is 1. The molecule has 5 heteroatoms. The Bertz CT molecular complexity index is 576. The van der Waals surface area contributed by atoms with Gasteiger partial charge in [0, 0.05) is 0 Å². The Balaban J connectivity index is 2.54. The maximum absolute atomic E-state index is 14.0. The Labute approximate surface area is 102 Å². The fourth-order valence-electron chi connectivity index (χ4n) is 1.58. The largest absolute Gasteiger partial charge is 0.491 e. The Morgan fingerprint density at radius 3 is 2.67 bits per heavy atom. The van der Waals surface area contributed by atoms with Gasteiger partial charge in [-0.2, -0.15) is 0 Å². The lowest BCUT2D eigenvalue weighted by Gasteiger charge is -2.08. The van der Waals surface area contributed by atoms with E-state index in [1.165, 1.54) is 18.2 Å². The van der Waals surface area contributed by atoms with E-state index in [1.807, 2.05) is 0 Å². The van der Waals surface area contributed by atoms with E-state index < -0.39 is 11.6 Å². The Hall–Kier alpha value is -2.17. The maximum Gasteiger partial charge on any atom is 0.185 e. The molecule has 0 spiro atoms. The van der Waals surface area contributed by atoms with E-state index in [-0.39, 0.29) is 29.4 Å². The van der Waals surface area contributed by atoms with Crippen molar-refractivity contribution < 1.29 is 22.7 Å². The number of ether oxygens (including phenoxy) is 1. The fourth-order valence-corrected chi connectivity index (χ4v) is 1.58. The highest BCUT2D eigenvalue weighted by molar-refractivity contribution is 5.73. The zero-order valence-electron chi connectivity index (χ0n) is 9.57. The summed E-state index contributed by atoms with van der Waals surface area (Å²) in [6, 6.07) is 4.98. The van der Waals surface area contributed by atoms with Gasteiger partial charge in [-0.3, -0.25) is 4.79 Å². The molecule has 0 amide bonds. The molecule has 94 valence electrons. The van der Waals surface area contributed by atoms with Crippen molar-refractivity contribution in [2.75, 3.05) is 6.61 Å². The van der Waals surface area contributed by atoms with Crippen LogP contribution in [0.2, 0.25) is 0 Å². The molecule has 0 saturated heterocycles. The summed E-state index contributed by atoms with van der Waals surface area (Å²) in [5.74, 6) is -1.72. The summed E-state index contributed by atoms with van der Waals surface area (Å²) >= 11 is 0. The number of carbonyl (C=O) groups excluding carboxylic acids is 1. The smallest absolute Gasteiger partial charge is 0.185 e. The molecule has 1 heterocycles. The quantitative estimate of drug-likeness (QED) is 0.782. The predicted molar refractivity (Wildman–Crippen MR) is 60.6 cm³/mol. The van der Waals surface area contributed by atoms with Gasteiger partial charge in [0.2, 0.25) is 0 Å². The fraction of sp³-hybridized carbons (Fsp3) is 0.154. The first-order valence-electron chi connectivity index (χ1n) is 5.33. The van der Waals surface area contributed by atoms with Crippen LogP contribution < -0.4 is 4.74 Å². The maximum atomic E-state index is 14.0. The summed E-state index contributed by atoms with van der Waals surface area (Å²) in [6.07, 6.45) is 0.464. The molecule has 0 radical (unpaired) electrons. The van der Waals surface area contributed by atoms with Crippen LogP contribution in [0.3, 0.4) is 0 Å². The third kappa shape index (κ3) is 2.11. The van der Waals surface area contributed by atoms with Gasteiger partial charge in [-0.05, 0) is 31.2 Å². The van der Waals surface area contributed by atoms with E-state index in [4.69, 9.17) is 9.15 Å². The molecule has 3 nitrogen and oxygen atoms in total. The van der Waals surface area contributed by atoms with Crippen LogP contribution in [0.25, 0.3) is 11.3 Å². The normalized spacial score (nSPS) is 10.4. The minimum atomic E-state index is -0.844. The number of hydrogen-bond acceptors (Lipinski definition) is 3. The molecule has 0 saturated carbocycles. The standard InChI is InChI=1S/C13H10F2O3/c1-2-17-11-6-4-9(14)12(13(11)15)10-5-3-8(7-16)18-10/h3-7H,2H2,1H3. The first kappa shape index (κ1) is 12.3. The summed E-state index contributed by atoms with van der Waals surface area (Å²) in [6.45, 7) is 1.96. The SMILES string of the molecule is CCOc1ccc(F)c(-c2ccc(C=O)o2)c1F. The van der Waals surface area contributed by atoms with Gasteiger partial charge in [0.25, 0.3) is 0 Å². The van der Waals surface area contributed by atoms with Gasteiger partial charge in [-0.25, -0.2) is 8.78 Å². The van der Waals surface area contributed by atoms with Crippen molar-refractivity contribution in [1.82, 2.24) is 0 Å². The van der Waals surface area contributed by atoms with Crippen molar-refractivity contribution >= 4 is 6.29 Å². The second-order valence-electron chi connectivity index (χ2n) is 3.49. The lowest BCUT2D eigenvalue weighted by molar-refractivity contribution is 0.110. The second-order valence-corrected chi connectivity index (χ2v) is 3.49. The van der Waals surface area contributed by atoms with Crippen molar-refractivity contribution in [3.8, 4) is 17.1 Å². The molecule has 0 aliphatic rings. The number of hydrogen-bond donors (Lipinski definition) is 0. The van der Waals surface area contributed by atoms with Crippen LogP contribution in [0, 0.1) is 11.6 Å². The van der Waals surface area contributed by atoms with Gasteiger partial charge in [0.05, 0.1) is 12.2 Å². The molecule has 1 aromatic carbocycles. The first-order valence-corrected chi connectivity index (χ1v) is 5.33. The van der Waals surface area contributed by atoms with E-state index in [0.717, 1.165) is 6.07 Å². The first-order chi connectivity index (χ1) is 8.67. The number of rotatable bonds is 4. The molecule has 1 aromatic heterocycles. The molecule has 0 unspecified atom stereocenters. The van der Waals surface area contributed by atoms with Gasteiger partial charge in [0.1, 0.15) is 11.6 Å². The van der Waals surface area contributed by atoms with Crippen molar-refractivity contribution in [1.29, 1.82) is 0 Å². The van der Waals surface area contributed by atoms with Crippen molar-refractivity contribution in [3.63, 3.8) is 0 Å². The van der Waals surface area contributed by atoms with Crippen LogP contribution in [0.4, 0.5) is 8.78 Å². The Morgan fingerprint density at radius 2 is 2.06 bits per heavy atom. The topological polar surface area (TPSA) is 39.4 Å². The van der Waals surface area contributed by atoms with Crippen LogP contribution in [0.5, 0.6) is 5.75 Å². The molecule has 0 bridgehead atoms. The van der Waals surface area contributed by atoms with Gasteiger partial charge in [-0.1, -0.05) is 0 Å². The molecule has 0 aliphatic heterocycles. The van der Waals surface area contributed by atoms with Crippen LogP contribution in [0.15, 0.2) is 28.7 Å². The average molecular weight is 252 g/mol. The third-order valence-corrected chi connectivity index (χ3v) is 2.34. The zero-order valence-corrected chi connectivity index (χ0v) is 9.57. The second kappa shape index (κ2) is 5.00. The summed E-state index contributed by atoms with van der Waals surface area (Å²) in [5.41, 5.74) is -0.339. The van der Waals surface area contributed by atoms with Crippen LogP contribution in [-0.2, 0) is 0 Å². The Morgan fingerprint density at radius 1 is 1.28 bits per heavy atom. The lowest BCUT2D eigenvalue weighted by atomic mass is 10.1. The monoisotopic (exact) mass is 252 g/mol. The Kier molecular flexibility index (Phi) is 3.41. The van der Waals surface area contributed by atoms with Crippen LogP contribution >= 0.6 is 0 Å². The molecule has 18 heavy (non-hydrogen) atoms. The molecule has 0 fully saturated rings. The summed E-state index contributed by atoms with van der Waals surface area (Å²) < 4.78 is 37.7. The van der Waals surface area contributed by atoms with E-state index in [9.17, 15) is 13.6 Å². The van der Waals surface area contributed by atoms with Gasteiger partial charge in [-0.15, -0.1) is 0 Å². The number of furan rings is 1. The minimum Gasteiger partial charge on any atom is -0.491 e. The van der Waals surface area contributed by atoms with Crippen molar-refractivity contribution in [3.05, 3.63) is 41.7 Å². The van der Waals surface area contributed by atoms with E-state index in [1.54, 1.807) is 6.92 Å². The van der Waals surface area contributed by atoms with Crippen molar-refractivity contribution in [2.24, 2.45) is 0 Å². The summed E-state index contributed by atoms with van der Waals surface area (Å²) in [7, 11) is 0. The molecule has 0 N–H and O–H groups in total. The van der Waals surface area contributed by atoms with Gasteiger partial charge < -0.3 is 9.15 Å². The highest BCUT2D eigenvalue weighted by atomic mass is 19.1. The lowest BCUT2D eigenvalue weighted by Crippen LogP contribution is -1.98. The zero-order chi connectivity index (χ0) is 13.1.